The molecule has 3 rings (SSSR count). The van der Waals surface area contributed by atoms with Crippen LogP contribution in [0.1, 0.15) is 0 Å². The Balaban J connectivity index is 2.25. The minimum Gasteiger partial charge on any atom is -0.505 e. The van der Waals surface area contributed by atoms with Gasteiger partial charge in [0.05, 0.1) is 15.1 Å². The van der Waals surface area contributed by atoms with E-state index in [2.05, 4.69) is 10.2 Å². The quantitative estimate of drug-likeness (QED) is 0.263. The topological polar surface area (TPSA) is 120 Å². The maximum Gasteiger partial charge on any atom is 0.295 e. The highest BCUT2D eigenvalue weighted by Gasteiger charge is 2.20. The van der Waals surface area contributed by atoms with E-state index in [4.69, 9.17) is 34.8 Å². The zero-order valence-corrected chi connectivity index (χ0v) is 16.1. The Labute approximate surface area is 168 Å². The second-order valence-corrected chi connectivity index (χ2v) is 7.90. The molecular formula is C16H9Cl3N2O5S. The van der Waals surface area contributed by atoms with Crippen LogP contribution < -0.4 is 0 Å². The van der Waals surface area contributed by atoms with E-state index >= 15 is 0 Å². The summed E-state index contributed by atoms with van der Waals surface area (Å²) in [6, 6.07) is 8.12. The number of rotatable bonds is 3. The van der Waals surface area contributed by atoms with Gasteiger partial charge in [-0.1, -0.05) is 59.1 Å². The van der Waals surface area contributed by atoms with Gasteiger partial charge in [0.1, 0.15) is 16.3 Å². The van der Waals surface area contributed by atoms with Gasteiger partial charge in [0.25, 0.3) is 10.1 Å². The second-order valence-electron chi connectivity index (χ2n) is 5.31. The predicted octanol–water partition coefficient (Wildman–Crippen LogP) is 5.87. The van der Waals surface area contributed by atoms with E-state index in [0.29, 0.717) is 0 Å². The van der Waals surface area contributed by atoms with Gasteiger partial charge in [-0.3, -0.25) is 4.55 Å². The van der Waals surface area contributed by atoms with Crippen molar-refractivity contribution in [2.75, 3.05) is 0 Å². The van der Waals surface area contributed by atoms with Crippen LogP contribution in [0.5, 0.6) is 11.5 Å². The number of phenols is 2. The summed E-state index contributed by atoms with van der Waals surface area (Å²) in [7, 11) is -4.61. The maximum absolute atomic E-state index is 11.7. The lowest BCUT2D eigenvalue weighted by Gasteiger charge is -2.09. The molecule has 0 atom stereocenters. The van der Waals surface area contributed by atoms with Crippen LogP contribution in [-0.4, -0.2) is 23.2 Å². The highest BCUT2D eigenvalue weighted by Crippen LogP contribution is 2.46. The van der Waals surface area contributed by atoms with Crippen molar-refractivity contribution in [1.82, 2.24) is 0 Å². The van der Waals surface area contributed by atoms with Gasteiger partial charge < -0.3 is 10.2 Å². The molecule has 140 valence electrons. The average Bonchev–Trinajstić information content (AvgIpc) is 2.61. The molecule has 0 amide bonds. The Morgan fingerprint density at radius 1 is 0.852 bits per heavy atom. The zero-order valence-electron chi connectivity index (χ0n) is 13.1. The zero-order chi connectivity index (χ0) is 19.9. The number of benzene rings is 3. The SMILES string of the molecule is O=S(=O)(O)c1cc(N=Nc2c(O)c(Cl)cc(Cl)c2Cl)c(O)c2ccccc12. The number of halogens is 3. The minimum absolute atomic E-state index is 0.00905. The molecule has 0 spiro atoms. The third kappa shape index (κ3) is 3.67. The predicted molar refractivity (Wildman–Crippen MR) is 103 cm³/mol. The van der Waals surface area contributed by atoms with E-state index in [1.807, 2.05) is 0 Å². The minimum atomic E-state index is -4.61. The van der Waals surface area contributed by atoms with Gasteiger partial charge in [-0.2, -0.15) is 8.42 Å². The van der Waals surface area contributed by atoms with Gasteiger partial charge in [0.2, 0.25) is 0 Å². The Morgan fingerprint density at radius 3 is 2.11 bits per heavy atom. The molecule has 0 heterocycles. The molecule has 27 heavy (non-hydrogen) atoms. The molecule has 0 saturated carbocycles. The van der Waals surface area contributed by atoms with Crippen LogP contribution in [0.2, 0.25) is 15.1 Å². The standard InChI is InChI=1S/C16H9Cl3N2O5S/c17-9-5-10(18)16(23)14(13(9)19)21-20-11-6-12(27(24,25)26)7-3-1-2-4-8(7)15(11)22/h1-6,22-23H,(H,24,25,26). The van der Waals surface area contributed by atoms with Crippen LogP contribution in [-0.2, 0) is 10.1 Å². The van der Waals surface area contributed by atoms with Crippen LogP contribution >= 0.6 is 34.8 Å². The highest BCUT2D eigenvalue weighted by molar-refractivity contribution is 7.86. The van der Waals surface area contributed by atoms with Gasteiger partial charge in [-0.15, -0.1) is 10.2 Å². The summed E-state index contributed by atoms with van der Waals surface area (Å²) < 4.78 is 32.8. The summed E-state index contributed by atoms with van der Waals surface area (Å²) in [4.78, 5) is -0.468. The number of fused-ring (bicyclic) bond motifs is 1. The Kier molecular flexibility index (Phi) is 5.20. The number of hydrogen-bond acceptors (Lipinski definition) is 6. The lowest BCUT2D eigenvalue weighted by Crippen LogP contribution is -1.99. The molecule has 7 nitrogen and oxygen atoms in total. The summed E-state index contributed by atoms with van der Waals surface area (Å²) in [6.07, 6.45) is 0. The molecule has 3 aromatic rings. The highest BCUT2D eigenvalue weighted by atomic mass is 35.5. The molecule has 0 saturated heterocycles. The van der Waals surface area contributed by atoms with Gasteiger partial charge >= 0.3 is 0 Å². The van der Waals surface area contributed by atoms with Crippen LogP contribution in [0.4, 0.5) is 11.4 Å². The number of nitrogens with zero attached hydrogens (tertiary/aromatic N) is 2. The van der Waals surface area contributed by atoms with Crippen molar-refractivity contribution in [2.45, 2.75) is 4.90 Å². The van der Waals surface area contributed by atoms with E-state index in [1.165, 1.54) is 18.2 Å². The first-order valence-corrected chi connectivity index (χ1v) is 9.69. The summed E-state index contributed by atoms with van der Waals surface area (Å²) >= 11 is 17.7. The molecule has 0 aliphatic heterocycles. The van der Waals surface area contributed by atoms with E-state index in [0.717, 1.165) is 6.07 Å². The first-order chi connectivity index (χ1) is 12.6. The van der Waals surface area contributed by atoms with E-state index in [-0.39, 0.29) is 43.0 Å². The third-order valence-electron chi connectivity index (χ3n) is 3.62. The first kappa shape index (κ1) is 19.7. The van der Waals surface area contributed by atoms with Gasteiger partial charge in [0, 0.05) is 10.8 Å². The Hall–Kier alpha value is -2.10. The van der Waals surface area contributed by atoms with Crippen LogP contribution in [0.25, 0.3) is 10.8 Å². The first-order valence-electron chi connectivity index (χ1n) is 7.11. The lowest BCUT2D eigenvalue weighted by atomic mass is 10.1. The second kappa shape index (κ2) is 7.14. The molecule has 0 fully saturated rings. The normalized spacial score (nSPS) is 12.1. The maximum atomic E-state index is 11.7. The fourth-order valence-corrected chi connectivity index (χ4v) is 3.72. The molecule has 0 radical (unpaired) electrons. The molecule has 0 aliphatic rings. The van der Waals surface area contributed by atoms with Crippen LogP contribution in [0.3, 0.4) is 0 Å². The summed E-state index contributed by atoms with van der Waals surface area (Å²) in [5.74, 6) is -0.879. The summed E-state index contributed by atoms with van der Waals surface area (Å²) in [5, 5.41) is 27.8. The van der Waals surface area contributed by atoms with Gasteiger partial charge in [0.15, 0.2) is 11.5 Å². The van der Waals surface area contributed by atoms with Crippen LogP contribution in [0, 0.1) is 0 Å². The van der Waals surface area contributed by atoms with Crippen molar-refractivity contribution in [3.63, 3.8) is 0 Å². The monoisotopic (exact) mass is 446 g/mol. The number of phenolic OH excluding ortho intramolecular Hbond substituents is 2. The number of aromatic hydroxyl groups is 2. The van der Waals surface area contributed by atoms with Crippen molar-refractivity contribution >= 4 is 67.1 Å². The lowest BCUT2D eigenvalue weighted by molar-refractivity contribution is 0.475. The molecular weight excluding hydrogens is 439 g/mol. The Bertz CT molecular complexity index is 1190. The van der Waals surface area contributed by atoms with Crippen molar-refractivity contribution in [2.24, 2.45) is 10.2 Å². The average molecular weight is 448 g/mol. The molecule has 3 aromatic carbocycles. The molecule has 0 bridgehead atoms. The smallest absolute Gasteiger partial charge is 0.295 e. The fourth-order valence-electron chi connectivity index (χ4n) is 2.37. The largest absolute Gasteiger partial charge is 0.505 e. The van der Waals surface area contributed by atoms with Crippen molar-refractivity contribution in [3.05, 3.63) is 51.5 Å². The Morgan fingerprint density at radius 2 is 1.48 bits per heavy atom. The summed E-state index contributed by atoms with van der Waals surface area (Å²) in [6.45, 7) is 0. The third-order valence-corrected chi connectivity index (χ3v) is 5.57. The number of azo groups is 1. The molecule has 0 aromatic heterocycles. The van der Waals surface area contributed by atoms with Crippen molar-refractivity contribution in [3.8, 4) is 11.5 Å². The van der Waals surface area contributed by atoms with E-state index < -0.39 is 20.8 Å². The fraction of sp³-hybridized carbons (Fsp3) is 0. The van der Waals surface area contributed by atoms with Gasteiger partial charge in [-0.05, 0) is 12.1 Å². The van der Waals surface area contributed by atoms with Crippen LogP contribution in [0.15, 0.2) is 51.5 Å². The van der Waals surface area contributed by atoms with Crippen molar-refractivity contribution in [1.29, 1.82) is 0 Å². The molecule has 11 heteroatoms. The summed E-state index contributed by atoms with van der Waals surface area (Å²) in [5.41, 5.74) is -0.553. The molecule has 0 unspecified atom stereocenters. The van der Waals surface area contributed by atoms with Crippen molar-refractivity contribution < 1.29 is 23.2 Å². The van der Waals surface area contributed by atoms with E-state index in [1.54, 1.807) is 12.1 Å². The van der Waals surface area contributed by atoms with Gasteiger partial charge in [-0.25, -0.2) is 0 Å². The molecule has 0 aliphatic carbocycles. The number of hydrogen-bond donors (Lipinski definition) is 3. The molecule has 3 N–H and O–H groups in total. The van der Waals surface area contributed by atoms with E-state index in [9.17, 15) is 23.2 Å².